The molecule has 29 heteroatoms. The van der Waals surface area contributed by atoms with Gasteiger partial charge in [0.1, 0.15) is 5.75 Å². The first-order valence-electron chi connectivity index (χ1n) is 13.4. The highest BCUT2D eigenvalue weighted by Crippen LogP contribution is 2.62. The number of thioether (sulfide) groups is 2. The highest BCUT2D eigenvalue weighted by atomic mass is 32.2. The Labute approximate surface area is 292 Å². The van der Waals surface area contributed by atoms with Gasteiger partial charge >= 0.3 is 71.6 Å². The Morgan fingerprint density at radius 3 is 1.04 bits per heavy atom. The van der Waals surface area contributed by atoms with Crippen LogP contribution in [0.5, 0.6) is 5.75 Å². The molecule has 0 aromatic heterocycles. The van der Waals surface area contributed by atoms with E-state index >= 15 is 0 Å². The van der Waals surface area contributed by atoms with Crippen molar-refractivity contribution in [3.63, 3.8) is 0 Å². The number of aromatic hydroxyl groups is 1. The van der Waals surface area contributed by atoms with Crippen molar-refractivity contribution >= 4 is 23.5 Å². The number of aryl methyl sites for hydroxylation is 1. The van der Waals surface area contributed by atoms with Crippen LogP contribution in [-0.2, 0) is 11.5 Å². The maximum absolute atomic E-state index is 14.0. The average molecular weight is 893 g/mol. The molecule has 0 unspecified atom stereocenters. The molecule has 1 aromatic rings. The molecule has 1 rings (SSSR count). The Kier molecular flexibility index (Phi) is 13.9. The third-order valence-electron chi connectivity index (χ3n) is 7.08. The molecule has 0 fully saturated rings. The first-order valence-corrected chi connectivity index (χ1v) is 15.7. The molecule has 0 saturated heterocycles. The summed E-state index contributed by atoms with van der Waals surface area (Å²) in [7, 11) is 0. The maximum atomic E-state index is 14.0. The summed E-state index contributed by atoms with van der Waals surface area (Å²) in [6, 6.07) is 1.74. The van der Waals surface area contributed by atoms with Crippen molar-refractivity contribution in [2.75, 3.05) is 11.5 Å². The van der Waals surface area contributed by atoms with Gasteiger partial charge < -0.3 is 5.11 Å². The van der Waals surface area contributed by atoms with Crippen LogP contribution in [0, 0.1) is 6.92 Å². The zero-order valence-corrected chi connectivity index (χ0v) is 27.1. The SMILES string of the molecule is Cc1cc(CSCCC(F)(F)C(F)(F)C(F)(F)C(F)(F)C(F)(F)C(F)(F)F)cc(CSCCC(F)(F)C(F)(F)C(F)(F)C(F)(F)C(F)(F)C(F)(F)F)c1O. The lowest BCUT2D eigenvalue weighted by atomic mass is 9.93. The van der Waals surface area contributed by atoms with Crippen LogP contribution in [0.2, 0.25) is 0 Å². The number of rotatable bonds is 18. The fraction of sp³-hybridized carbons (Fsp3) is 0.760. The van der Waals surface area contributed by atoms with Crippen molar-refractivity contribution in [2.24, 2.45) is 0 Å². The summed E-state index contributed by atoms with van der Waals surface area (Å²) >= 11 is 0.0127. The van der Waals surface area contributed by atoms with Gasteiger partial charge in [0.15, 0.2) is 0 Å². The summed E-state index contributed by atoms with van der Waals surface area (Å²) in [6.45, 7) is 1.04. The van der Waals surface area contributed by atoms with E-state index in [-0.39, 0.29) is 34.7 Å². The molecule has 0 atom stereocenters. The van der Waals surface area contributed by atoms with Gasteiger partial charge in [-0.15, -0.1) is 0 Å². The fourth-order valence-corrected chi connectivity index (χ4v) is 5.75. The molecule has 0 radical (unpaired) electrons. The summed E-state index contributed by atoms with van der Waals surface area (Å²) in [5, 5.41) is 10.1. The van der Waals surface area contributed by atoms with E-state index in [9.17, 15) is 119 Å². The molecule has 1 aromatic carbocycles. The van der Waals surface area contributed by atoms with Crippen molar-refractivity contribution in [1.82, 2.24) is 0 Å². The van der Waals surface area contributed by atoms with Gasteiger partial charge in [0.2, 0.25) is 0 Å². The second-order valence-electron chi connectivity index (χ2n) is 11.0. The molecule has 0 aliphatic heterocycles. The maximum Gasteiger partial charge on any atom is 0.460 e. The van der Waals surface area contributed by atoms with Crippen LogP contribution < -0.4 is 0 Å². The molecule has 0 aliphatic carbocycles. The van der Waals surface area contributed by atoms with E-state index in [1.165, 1.54) is 0 Å². The Hall–Kier alpha value is -2.10. The molecule has 318 valence electrons. The zero-order chi connectivity index (χ0) is 43.4. The smallest absolute Gasteiger partial charge is 0.460 e. The normalized spacial score (nSPS) is 15.6. The molecular weight excluding hydrogens is 874 g/mol. The monoisotopic (exact) mass is 892 g/mol. The molecule has 0 bridgehead atoms. The molecule has 0 saturated carbocycles. The number of alkyl halides is 26. The lowest BCUT2D eigenvalue weighted by Gasteiger charge is -2.39. The van der Waals surface area contributed by atoms with Crippen LogP contribution >= 0.6 is 23.5 Å². The van der Waals surface area contributed by atoms with Crippen LogP contribution in [0.25, 0.3) is 0 Å². The summed E-state index contributed by atoms with van der Waals surface area (Å²) in [5.41, 5.74) is -0.874. The summed E-state index contributed by atoms with van der Waals surface area (Å²) in [5.74, 6) is -81.3. The van der Waals surface area contributed by atoms with E-state index < -0.39 is 119 Å². The van der Waals surface area contributed by atoms with Crippen LogP contribution in [0.3, 0.4) is 0 Å². The lowest BCUT2D eigenvalue weighted by Crippen LogP contribution is -2.70. The molecular formula is C25H18F26OS2. The Morgan fingerprint density at radius 1 is 0.426 bits per heavy atom. The highest BCUT2D eigenvalue weighted by Gasteiger charge is 2.92. The molecule has 1 N–H and O–H groups in total. The number of hydrogen-bond donors (Lipinski definition) is 1. The van der Waals surface area contributed by atoms with E-state index in [4.69, 9.17) is 0 Å². The number of benzene rings is 1. The molecule has 0 spiro atoms. The minimum absolute atomic E-state index is 0.0287. The summed E-state index contributed by atoms with van der Waals surface area (Å²) in [6.07, 6.45) is -20.4. The molecule has 0 aliphatic rings. The quantitative estimate of drug-likeness (QED) is 0.117. The Bertz CT molecular complexity index is 1450. The van der Waals surface area contributed by atoms with E-state index in [0.717, 1.165) is 19.1 Å². The lowest BCUT2D eigenvalue weighted by molar-refractivity contribution is -0.439. The van der Waals surface area contributed by atoms with Gasteiger partial charge in [0.05, 0.1) is 0 Å². The van der Waals surface area contributed by atoms with Gasteiger partial charge in [-0.25, -0.2) is 0 Å². The molecule has 0 amide bonds. The average Bonchev–Trinajstić information content (AvgIpc) is 2.97. The number of halogens is 26. The first-order chi connectivity index (χ1) is 23.5. The van der Waals surface area contributed by atoms with Crippen molar-refractivity contribution in [3.8, 4) is 5.75 Å². The zero-order valence-electron chi connectivity index (χ0n) is 25.5. The van der Waals surface area contributed by atoms with E-state index in [2.05, 4.69) is 0 Å². The van der Waals surface area contributed by atoms with E-state index in [1.807, 2.05) is 0 Å². The highest BCUT2D eigenvalue weighted by molar-refractivity contribution is 7.98. The van der Waals surface area contributed by atoms with Gasteiger partial charge in [-0.3, -0.25) is 0 Å². The van der Waals surface area contributed by atoms with Crippen LogP contribution in [0.1, 0.15) is 29.5 Å². The summed E-state index contributed by atoms with van der Waals surface area (Å²) < 4.78 is 344. The van der Waals surface area contributed by atoms with Crippen LogP contribution in [0.15, 0.2) is 12.1 Å². The standard InChI is InChI=1S/C25H18F26OS2/c1-10-6-11(8-53-4-2-14(26,27)16(30,31)18(34,35)20(38,39)22(42,43)24(46,47)48)7-12(13(10)52)9-54-5-3-15(28,29)17(32,33)19(36,37)21(40,41)23(44,45)25(49,50)51/h6-7,52H,2-5,8-9H2,1H3. The van der Waals surface area contributed by atoms with Gasteiger partial charge in [-0.05, 0) is 29.6 Å². The molecule has 1 nitrogen and oxygen atoms in total. The van der Waals surface area contributed by atoms with Crippen molar-refractivity contribution < 1.29 is 119 Å². The minimum Gasteiger partial charge on any atom is -0.507 e. The van der Waals surface area contributed by atoms with Crippen molar-refractivity contribution in [1.29, 1.82) is 0 Å². The van der Waals surface area contributed by atoms with Gasteiger partial charge in [-0.1, -0.05) is 12.1 Å². The van der Waals surface area contributed by atoms with Gasteiger partial charge in [-0.2, -0.15) is 138 Å². The third-order valence-corrected chi connectivity index (χ3v) is 9.12. The Morgan fingerprint density at radius 2 is 0.722 bits per heavy atom. The topological polar surface area (TPSA) is 20.2 Å². The molecule has 0 heterocycles. The summed E-state index contributed by atoms with van der Waals surface area (Å²) in [4.78, 5) is 0. The Balaban J connectivity index is 3.05. The second-order valence-corrected chi connectivity index (χ2v) is 13.2. The predicted octanol–water partition coefficient (Wildman–Crippen LogP) is 12.4. The predicted molar refractivity (Wildman–Crippen MR) is 136 cm³/mol. The third kappa shape index (κ3) is 8.30. The number of hydrogen-bond acceptors (Lipinski definition) is 3. The van der Waals surface area contributed by atoms with E-state index in [1.54, 1.807) is 0 Å². The minimum atomic E-state index is -8.12. The van der Waals surface area contributed by atoms with Gasteiger partial charge in [0.25, 0.3) is 0 Å². The second kappa shape index (κ2) is 15.0. The van der Waals surface area contributed by atoms with Crippen molar-refractivity contribution in [2.45, 2.75) is 103 Å². The first kappa shape index (κ1) is 49.9. The van der Waals surface area contributed by atoms with Crippen molar-refractivity contribution in [3.05, 3.63) is 28.8 Å². The largest absolute Gasteiger partial charge is 0.507 e. The van der Waals surface area contributed by atoms with E-state index in [0.29, 0.717) is 0 Å². The van der Waals surface area contributed by atoms with Crippen LogP contribution in [0.4, 0.5) is 114 Å². The molecule has 54 heavy (non-hydrogen) atoms. The number of phenolic OH excluding ortho intramolecular Hbond substituents is 1. The fourth-order valence-electron chi connectivity index (χ4n) is 3.82. The number of phenols is 1. The van der Waals surface area contributed by atoms with Gasteiger partial charge in [0, 0.05) is 29.9 Å². The van der Waals surface area contributed by atoms with Crippen LogP contribution in [-0.4, -0.2) is 88.2 Å².